The molecule has 0 spiro atoms. The molecule has 108 valence electrons. The van der Waals surface area contributed by atoms with Crippen molar-refractivity contribution in [3.63, 3.8) is 0 Å². The van der Waals surface area contributed by atoms with Crippen molar-refractivity contribution in [1.82, 2.24) is 4.98 Å². The van der Waals surface area contributed by atoms with E-state index in [1.54, 1.807) is 6.92 Å². The van der Waals surface area contributed by atoms with Gasteiger partial charge in [-0.1, -0.05) is 0 Å². The Balaban J connectivity index is 2.75. The minimum Gasteiger partial charge on any atom is -0.481 e. The number of aromatic nitrogens is 1. The molecule has 0 aliphatic heterocycles. The van der Waals surface area contributed by atoms with Crippen molar-refractivity contribution < 1.29 is 29.3 Å². The summed E-state index contributed by atoms with van der Waals surface area (Å²) in [4.78, 5) is 36.6. The molecule has 3 N–H and O–H groups in total. The van der Waals surface area contributed by atoms with Crippen molar-refractivity contribution in [1.29, 1.82) is 0 Å². The predicted octanol–water partition coefficient (Wildman–Crippen LogP) is 0.598. The van der Waals surface area contributed by atoms with Gasteiger partial charge in [0.25, 0.3) is 0 Å². The summed E-state index contributed by atoms with van der Waals surface area (Å²) in [5, 5.41) is 19.9. The molecule has 1 heterocycles. The van der Waals surface area contributed by atoms with Gasteiger partial charge in [0.2, 0.25) is 0 Å². The third kappa shape index (κ3) is 4.56. The minimum absolute atomic E-state index is 0.159. The highest BCUT2D eigenvalue weighted by molar-refractivity contribution is 5.89. The molecule has 8 heteroatoms. The summed E-state index contributed by atoms with van der Waals surface area (Å²) in [6, 6.07) is 1.49. The van der Waals surface area contributed by atoms with Gasteiger partial charge in [0.1, 0.15) is 11.9 Å². The molecule has 0 aromatic carbocycles. The highest BCUT2D eigenvalue weighted by Gasteiger charge is 2.21. The number of carboxylic acid groups (broad SMARTS) is 2. The van der Waals surface area contributed by atoms with Crippen LogP contribution in [0.15, 0.2) is 18.3 Å². The molecule has 1 rings (SSSR count). The number of carboxylic acids is 2. The van der Waals surface area contributed by atoms with Crippen LogP contribution in [0, 0.1) is 0 Å². The summed E-state index contributed by atoms with van der Waals surface area (Å²) >= 11 is 0. The zero-order valence-electron chi connectivity index (χ0n) is 10.7. The van der Waals surface area contributed by atoms with Gasteiger partial charge in [0, 0.05) is 6.20 Å². The zero-order chi connectivity index (χ0) is 15.1. The number of ether oxygens (including phenoxy) is 1. The number of aliphatic carboxylic acids is 2. The second-order valence-electron chi connectivity index (χ2n) is 3.79. The number of nitrogens with one attached hydrogen (secondary N) is 1. The first-order valence-electron chi connectivity index (χ1n) is 5.78. The maximum atomic E-state index is 11.4. The summed E-state index contributed by atoms with van der Waals surface area (Å²) in [5.41, 5.74) is 0.225. The van der Waals surface area contributed by atoms with E-state index in [9.17, 15) is 14.4 Å². The largest absolute Gasteiger partial charge is 0.481 e. The van der Waals surface area contributed by atoms with Gasteiger partial charge < -0.3 is 20.3 Å². The summed E-state index contributed by atoms with van der Waals surface area (Å²) in [6.45, 7) is 1.91. The van der Waals surface area contributed by atoms with Crippen LogP contribution in [0.1, 0.15) is 23.7 Å². The monoisotopic (exact) mass is 282 g/mol. The molecule has 1 aromatic rings. The van der Waals surface area contributed by atoms with Gasteiger partial charge in [0.15, 0.2) is 0 Å². The number of hydrogen-bond donors (Lipinski definition) is 3. The van der Waals surface area contributed by atoms with E-state index in [0.29, 0.717) is 0 Å². The number of esters is 1. The quantitative estimate of drug-likeness (QED) is 0.620. The molecular formula is C12H14N2O6. The molecule has 0 bridgehead atoms. The van der Waals surface area contributed by atoms with E-state index in [-0.39, 0.29) is 18.0 Å². The van der Waals surface area contributed by atoms with E-state index in [2.05, 4.69) is 10.3 Å². The fourth-order valence-electron chi connectivity index (χ4n) is 1.37. The van der Waals surface area contributed by atoms with Crippen LogP contribution >= 0.6 is 0 Å². The molecule has 0 saturated carbocycles. The van der Waals surface area contributed by atoms with E-state index in [0.717, 1.165) is 0 Å². The van der Waals surface area contributed by atoms with Crippen LogP contribution in [0.5, 0.6) is 0 Å². The van der Waals surface area contributed by atoms with Gasteiger partial charge in [-0.3, -0.25) is 4.79 Å². The third-order valence-corrected chi connectivity index (χ3v) is 2.27. The van der Waals surface area contributed by atoms with Crippen LogP contribution in [0.2, 0.25) is 0 Å². The molecule has 1 unspecified atom stereocenters. The SMILES string of the molecule is CCOC(=O)c1ccc(NC(CC(=O)O)C(=O)O)nc1. The first-order valence-corrected chi connectivity index (χ1v) is 5.78. The molecule has 8 nitrogen and oxygen atoms in total. The Kier molecular flexibility index (Phi) is 5.45. The predicted molar refractivity (Wildman–Crippen MR) is 67.5 cm³/mol. The lowest BCUT2D eigenvalue weighted by Crippen LogP contribution is -2.32. The number of hydrogen-bond acceptors (Lipinski definition) is 6. The Morgan fingerprint density at radius 1 is 1.35 bits per heavy atom. The van der Waals surface area contributed by atoms with Crippen molar-refractivity contribution >= 4 is 23.7 Å². The molecular weight excluding hydrogens is 268 g/mol. The second-order valence-corrected chi connectivity index (χ2v) is 3.79. The lowest BCUT2D eigenvalue weighted by atomic mass is 10.2. The van der Waals surface area contributed by atoms with E-state index < -0.39 is 30.4 Å². The number of pyridine rings is 1. The lowest BCUT2D eigenvalue weighted by Gasteiger charge is -2.12. The number of carbonyl (C=O) groups excluding carboxylic acids is 1. The second kappa shape index (κ2) is 7.07. The van der Waals surface area contributed by atoms with Gasteiger partial charge in [0.05, 0.1) is 18.6 Å². The van der Waals surface area contributed by atoms with Crippen LogP contribution < -0.4 is 5.32 Å². The van der Waals surface area contributed by atoms with E-state index >= 15 is 0 Å². The van der Waals surface area contributed by atoms with E-state index in [4.69, 9.17) is 14.9 Å². The summed E-state index contributed by atoms with van der Waals surface area (Å²) in [6.07, 6.45) is 0.636. The summed E-state index contributed by atoms with van der Waals surface area (Å²) in [5.74, 6) is -2.92. The fraction of sp³-hybridized carbons (Fsp3) is 0.333. The Labute approximate surface area is 114 Å². The third-order valence-electron chi connectivity index (χ3n) is 2.27. The molecule has 0 fully saturated rings. The number of anilines is 1. The van der Waals surface area contributed by atoms with Crippen LogP contribution in [0.3, 0.4) is 0 Å². The highest BCUT2D eigenvalue weighted by Crippen LogP contribution is 2.09. The molecule has 0 saturated heterocycles. The lowest BCUT2D eigenvalue weighted by molar-refractivity contribution is -0.144. The Bertz CT molecular complexity index is 499. The zero-order valence-corrected chi connectivity index (χ0v) is 10.7. The van der Waals surface area contributed by atoms with E-state index in [1.165, 1.54) is 18.3 Å². The molecule has 0 aliphatic rings. The Hall–Kier alpha value is -2.64. The number of nitrogens with zero attached hydrogens (tertiary/aromatic N) is 1. The topological polar surface area (TPSA) is 126 Å². The molecule has 1 aromatic heterocycles. The van der Waals surface area contributed by atoms with Crippen LogP contribution in [0.25, 0.3) is 0 Å². The smallest absolute Gasteiger partial charge is 0.339 e. The van der Waals surface area contributed by atoms with Crippen molar-refractivity contribution in [2.45, 2.75) is 19.4 Å². The van der Waals surface area contributed by atoms with Gasteiger partial charge in [-0.25, -0.2) is 14.6 Å². The van der Waals surface area contributed by atoms with Crippen LogP contribution in [-0.2, 0) is 14.3 Å². The van der Waals surface area contributed by atoms with E-state index in [1.807, 2.05) is 0 Å². The van der Waals surface area contributed by atoms with Crippen LogP contribution in [-0.4, -0.2) is 45.8 Å². The normalized spacial score (nSPS) is 11.4. The number of rotatable bonds is 7. The maximum absolute atomic E-state index is 11.4. The van der Waals surface area contributed by atoms with Crippen LogP contribution in [0.4, 0.5) is 5.82 Å². The minimum atomic E-state index is -1.30. The fourth-order valence-corrected chi connectivity index (χ4v) is 1.37. The van der Waals surface area contributed by atoms with Gasteiger partial charge in [-0.2, -0.15) is 0 Å². The van der Waals surface area contributed by atoms with Crippen molar-refractivity contribution in [3.8, 4) is 0 Å². The van der Waals surface area contributed by atoms with Crippen molar-refractivity contribution in [3.05, 3.63) is 23.9 Å². The van der Waals surface area contributed by atoms with Gasteiger partial charge in [-0.05, 0) is 19.1 Å². The average molecular weight is 282 g/mol. The molecule has 0 aliphatic carbocycles. The summed E-state index contributed by atoms with van der Waals surface area (Å²) < 4.78 is 4.77. The first-order chi connectivity index (χ1) is 9.43. The average Bonchev–Trinajstić information content (AvgIpc) is 2.38. The standard InChI is InChI=1S/C12H14N2O6/c1-2-20-12(19)7-3-4-9(13-6-7)14-8(11(17)18)5-10(15)16/h3-4,6,8H,2,5H2,1H3,(H,13,14)(H,15,16)(H,17,18). The Morgan fingerprint density at radius 2 is 2.05 bits per heavy atom. The highest BCUT2D eigenvalue weighted by atomic mass is 16.5. The molecule has 0 amide bonds. The molecule has 1 atom stereocenters. The number of carbonyl (C=O) groups is 3. The molecule has 0 radical (unpaired) electrons. The van der Waals surface area contributed by atoms with Crippen molar-refractivity contribution in [2.75, 3.05) is 11.9 Å². The van der Waals surface area contributed by atoms with Gasteiger partial charge >= 0.3 is 17.9 Å². The van der Waals surface area contributed by atoms with Gasteiger partial charge in [-0.15, -0.1) is 0 Å². The first kappa shape index (κ1) is 15.4. The summed E-state index contributed by atoms with van der Waals surface area (Å²) in [7, 11) is 0. The maximum Gasteiger partial charge on any atom is 0.339 e. The Morgan fingerprint density at radius 3 is 2.50 bits per heavy atom. The van der Waals surface area contributed by atoms with Crippen molar-refractivity contribution in [2.24, 2.45) is 0 Å². The molecule has 20 heavy (non-hydrogen) atoms.